The van der Waals surface area contributed by atoms with Crippen LogP contribution < -0.4 is 0 Å². The molecule has 19 heteroatoms. The maximum absolute atomic E-state index is 12.5. The first-order chi connectivity index (χ1) is 26.1. The fourth-order valence-electron chi connectivity index (χ4n) is 9.11. The lowest BCUT2D eigenvalue weighted by molar-refractivity contribution is -0.368. The lowest BCUT2D eigenvalue weighted by atomic mass is 9.72. The number of allylic oxidation sites excluding steroid dienone is 1. The molecule has 18 atom stereocenters. The third-order valence-electron chi connectivity index (χ3n) is 12.4. The number of carbonyl (C=O) groups excluding carboxylic acids is 1. The standard InChI is InChI=1S/C36H58O19/c37-12-24-28(44)30(46)32(48)36(54-24)53-23-11-18-21(51-34(23)15-7-19(40)27(43)20(41)8-15)9-17(39)10-22(18)52-35-33(49)31(47)29(45)25(55-35)13-50-26(42)6-3-14-1-4-16(38)5-2-14/h3,6,14-25,27-41,43-49H,1-2,4-5,7-13H2/p+1/t14?,15?,16?,17?,18?,19?,20?,21?,22?,23?,24-,25-,27?,28+,29-,30+,31+,32-,33-,34?,35-,36-/m1/s1. The Balaban J connectivity index is 1.16. The van der Waals surface area contributed by atoms with Gasteiger partial charge in [-0.25, -0.2) is 4.79 Å². The lowest BCUT2D eigenvalue weighted by Crippen LogP contribution is -2.64. The molecule has 6 fully saturated rings. The normalized spacial score (nSPS) is 51.1. The number of hydrogen-bond acceptors (Lipinski definition) is 18. The Morgan fingerprint density at radius 1 is 0.636 bits per heavy atom. The van der Waals surface area contributed by atoms with E-state index in [0.29, 0.717) is 12.8 Å². The van der Waals surface area contributed by atoms with E-state index < -0.39 is 141 Å². The van der Waals surface area contributed by atoms with Gasteiger partial charge in [0.2, 0.25) is 0 Å². The molecular formula is C36H59O19+. The second-order valence-electron chi connectivity index (χ2n) is 16.2. The molecule has 0 radical (unpaired) electrons. The molecule has 13 N–H and O–H groups in total. The summed E-state index contributed by atoms with van der Waals surface area (Å²) < 4.78 is 34.2. The van der Waals surface area contributed by atoms with E-state index in [4.69, 9.17) is 28.4 Å². The van der Waals surface area contributed by atoms with Crippen molar-refractivity contribution in [3.05, 3.63) is 12.2 Å². The van der Waals surface area contributed by atoms with E-state index >= 15 is 0 Å². The van der Waals surface area contributed by atoms with E-state index in [0.717, 1.165) is 12.8 Å². The maximum atomic E-state index is 12.5. The molecule has 0 aromatic heterocycles. The van der Waals surface area contributed by atoms with Gasteiger partial charge in [0.15, 0.2) is 24.8 Å². The zero-order valence-corrected chi connectivity index (χ0v) is 30.4. The van der Waals surface area contributed by atoms with Gasteiger partial charge in [-0.2, -0.15) is 0 Å². The van der Waals surface area contributed by atoms with Crippen molar-refractivity contribution < 1.29 is 94.5 Å². The Kier molecular flexibility index (Phi) is 14.6. The average molecular weight is 796 g/mol. The third kappa shape index (κ3) is 9.88. The summed E-state index contributed by atoms with van der Waals surface area (Å²) in [5, 5.41) is 126. The van der Waals surface area contributed by atoms with Crippen molar-refractivity contribution in [2.24, 2.45) is 17.8 Å². The highest BCUT2D eigenvalue weighted by Crippen LogP contribution is 2.44. The van der Waals surface area contributed by atoms with Crippen LogP contribution in [0.3, 0.4) is 0 Å². The molecular weight excluding hydrogens is 736 g/mol. The van der Waals surface area contributed by atoms with Crippen LogP contribution in [0.15, 0.2) is 12.2 Å². The summed E-state index contributed by atoms with van der Waals surface area (Å²) in [6.07, 6.45) is -18.5. The molecule has 0 aromatic rings. The monoisotopic (exact) mass is 795 g/mol. The Morgan fingerprint density at radius 3 is 1.84 bits per heavy atom. The van der Waals surface area contributed by atoms with E-state index in [2.05, 4.69) is 0 Å². The molecule has 3 heterocycles. The fourth-order valence-corrected chi connectivity index (χ4v) is 9.11. The molecule has 3 aliphatic carbocycles. The van der Waals surface area contributed by atoms with Crippen LogP contribution in [-0.4, -0.2) is 202 Å². The first kappa shape index (κ1) is 43.1. The van der Waals surface area contributed by atoms with E-state index in [9.17, 15) is 66.1 Å². The van der Waals surface area contributed by atoms with Crippen LogP contribution in [-0.2, 0) is 28.5 Å². The minimum absolute atomic E-state index is 0.0229. The summed E-state index contributed by atoms with van der Waals surface area (Å²) in [6.45, 7) is -1.19. The Bertz CT molecular complexity index is 1250. The molecule has 8 unspecified atom stereocenters. The molecule has 55 heavy (non-hydrogen) atoms. The van der Waals surface area contributed by atoms with Crippen LogP contribution in [0.4, 0.5) is 0 Å². The highest BCUT2D eigenvalue weighted by Gasteiger charge is 2.57. The first-order valence-corrected chi connectivity index (χ1v) is 19.4. The highest BCUT2D eigenvalue weighted by atomic mass is 16.7. The molecule has 3 saturated carbocycles. The molecule has 0 amide bonds. The average Bonchev–Trinajstić information content (AvgIpc) is 3.16. The zero-order chi connectivity index (χ0) is 39.7. The van der Waals surface area contributed by atoms with Crippen molar-refractivity contribution >= 4 is 5.97 Å². The quantitative estimate of drug-likeness (QED) is 0.0559. The molecule has 0 bridgehead atoms. The summed E-state index contributed by atoms with van der Waals surface area (Å²) in [5.41, 5.74) is 0. The number of ether oxygens (including phenoxy) is 6. The van der Waals surface area contributed by atoms with Gasteiger partial charge in [0.1, 0.15) is 67.6 Å². The SMILES string of the molecule is O=C(C=CC1CCC(O)CC1)OC[C@H]1O[C@@H](OC2CC(O)CC3[OH+]C(C4CC(O)C(O)C(O)C4)C(O[C@@H]4O[C@H](CO)[C@H](O)[C@H](O)[C@H]4O)CC23)[C@H](O)[C@@H](O)[C@@H]1O. The van der Waals surface area contributed by atoms with Crippen LogP contribution in [0.2, 0.25) is 0 Å². The second-order valence-corrected chi connectivity index (χ2v) is 16.2. The van der Waals surface area contributed by atoms with Crippen molar-refractivity contribution in [3.8, 4) is 0 Å². The Hall–Kier alpha value is -1.47. The predicted molar refractivity (Wildman–Crippen MR) is 182 cm³/mol. The van der Waals surface area contributed by atoms with Gasteiger partial charge in [0.25, 0.3) is 0 Å². The molecule has 6 aliphatic rings. The third-order valence-corrected chi connectivity index (χ3v) is 12.4. The lowest BCUT2D eigenvalue weighted by Gasteiger charge is -2.50. The van der Waals surface area contributed by atoms with Crippen molar-refractivity contribution in [1.82, 2.24) is 0 Å². The minimum Gasteiger partial charge on any atom is -0.460 e. The molecule has 6 rings (SSSR count). The molecule has 3 aliphatic heterocycles. The van der Waals surface area contributed by atoms with Crippen LogP contribution in [0, 0.1) is 17.8 Å². The van der Waals surface area contributed by atoms with E-state index in [1.54, 1.807) is 6.08 Å². The van der Waals surface area contributed by atoms with Gasteiger partial charge in [0, 0.05) is 24.8 Å². The minimum atomic E-state index is -1.77. The highest BCUT2D eigenvalue weighted by molar-refractivity contribution is 5.81. The number of aliphatic hydroxyl groups is 14. The molecule has 316 valence electrons. The molecule has 0 aromatic carbocycles. The first-order valence-electron chi connectivity index (χ1n) is 19.4. The Morgan fingerprint density at radius 2 is 1.22 bits per heavy atom. The zero-order valence-electron chi connectivity index (χ0n) is 30.4. The van der Waals surface area contributed by atoms with Crippen LogP contribution in [0.25, 0.3) is 0 Å². The maximum Gasteiger partial charge on any atom is 0.330 e. The summed E-state index contributed by atoms with van der Waals surface area (Å²) in [6, 6.07) is 0. The van der Waals surface area contributed by atoms with Gasteiger partial charge in [-0.05, 0) is 50.9 Å². The van der Waals surface area contributed by atoms with Crippen molar-refractivity contribution in [2.45, 2.75) is 174 Å². The number of fused-ring (bicyclic) bond motifs is 1. The number of hydrogen-bond donors (Lipinski definition) is 12. The van der Waals surface area contributed by atoms with Gasteiger partial charge in [-0.1, -0.05) is 6.08 Å². The van der Waals surface area contributed by atoms with Crippen LogP contribution in [0.5, 0.6) is 0 Å². The number of carbonyl (C=O) groups is 1. The van der Waals surface area contributed by atoms with Gasteiger partial charge < -0.3 is 89.7 Å². The Labute approximate surface area is 317 Å². The number of aliphatic hydroxyl groups excluding tert-OH is 12. The van der Waals surface area contributed by atoms with Gasteiger partial charge in [-0.3, -0.25) is 0 Å². The summed E-state index contributed by atoms with van der Waals surface area (Å²) in [4.78, 5) is 12.5. The van der Waals surface area contributed by atoms with E-state index in [1.165, 1.54) is 6.08 Å². The van der Waals surface area contributed by atoms with Gasteiger partial charge in [0.05, 0.1) is 43.0 Å². The van der Waals surface area contributed by atoms with Crippen LogP contribution >= 0.6 is 0 Å². The van der Waals surface area contributed by atoms with Crippen molar-refractivity contribution in [3.63, 3.8) is 0 Å². The summed E-state index contributed by atoms with van der Waals surface area (Å²) >= 11 is 0. The summed E-state index contributed by atoms with van der Waals surface area (Å²) in [7, 11) is 0. The smallest absolute Gasteiger partial charge is 0.330 e. The second kappa shape index (κ2) is 18.6. The largest absolute Gasteiger partial charge is 0.460 e. The van der Waals surface area contributed by atoms with Gasteiger partial charge >= 0.3 is 5.97 Å². The summed E-state index contributed by atoms with van der Waals surface area (Å²) in [5.74, 6) is -1.73. The molecule has 19 nitrogen and oxygen atoms in total. The topological polar surface area (TPSA) is 319 Å². The van der Waals surface area contributed by atoms with Crippen molar-refractivity contribution in [1.29, 1.82) is 0 Å². The number of esters is 1. The van der Waals surface area contributed by atoms with E-state index in [1.807, 2.05) is 0 Å². The fraction of sp³-hybridized carbons (Fsp3) is 0.917. The van der Waals surface area contributed by atoms with E-state index in [-0.39, 0.29) is 44.1 Å². The van der Waals surface area contributed by atoms with Gasteiger partial charge in [-0.15, -0.1) is 0 Å². The van der Waals surface area contributed by atoms with Crippen molar-refractivity contribution in [2.75, 3.05) is 13.2 Å². The molecule has 0 spiro atoms. The number of rotatable bonds is 10. The molecule has 3 saturated heterocycles. The predicted octanol–water partition coefficient (Wildman–Crippen LogP) is -5.05. The van der Waals surface area contributed by atoms with Crippen LogP contribution in [0.1, 0.15) is 57.8 Å².